The first-order valence-corrected chi connectivity index (χ1v) is 11.2. The predicted molar refractivity (Wildman–Crippen MR) is 118 cm³/mol. The standard InChI is InChI=1S/C25H30FN3O/c1-25(11-14-28-12-9-21(25)10-13-28)27-24(30)20-16-29(17-20)23-4-2-3-19(15-23)18-5-7-22(26)8-6-18/h2-8,15,20-21H,9-14,16-17H2,1H3,(H,27,30). The summed E-state index contributed by atoms with van der Waals surface area (Å²) in [5.41, 5.74) is 3.12. The summed E-state index contributed by atoms with van der Waals surface area (Å²) in [5, 5.41) is 3.45. The molecule has 158 valence electrons. The fourth-order valence-electron chi connectivity index (χ4n) is 5.32. The number of benzene rings is 2. The van der Waals surface area contributed by atoms with Crippen LogP contribution in [0.5, 0.6) is 0 Å². The molecular weight excluding hydrogens is 377 g/mol. The summed E-state index contributed by atoms with van der Waals surface area (Å²) >= 11 is 0. The van der Waals surface area contributed by atoms with Crippen molar-refractivity contribution in [3.05, 3.63) is 54.3 Å². The average molecular weight is 408 g/mol. The van der Waals surface area contributed by atoms with Crippen molar-refractivity contribution < 1.29 is 9.18 Å². The number of amides is 1. The molecule has 1 N–H and O–H groups in total. The molecule has 0 radical (unpaired) electrons. The maximum absolute atomic E-state index is 13.2. The predicted octanol–water partition coefficient (Wildman–Crippen LogP) is 3.92. The molecule has 0 aliphatic carbocycles. The molecule has 2 bridgehead atoms. The summed E-state index contributed by atoms with van der Waals surface area (Å²) in [4.78, 5) is 17.8. The zero-order valence-electron chi connectivity index (χ0n) is 17.6. The van der Waals surface area contributed by atoms with Crippen LogP contribution in [0.25, 0.3) is 11.1 Å². The Bertz CT molecular complexity index is 916. The summed E-state index contributed by atoms with van der Waals surface area (Å²) in [6.45, 7) is 7.22. The minimum Gasteiger partial charge on any atom is -0.370 e. The maximum Gasteiger partial charge on any atom is 0.227 e. The van der Waals surface area contributed by atoms with Gasteiger partial charge in [0.1, 0.15) is 5.82 Å². The van der Waals surface area contributed by atoms with E-state index in [1.807, 2.05) is 12.1 Å². The van der Waals surface area contributed by atoms with E-state index >= 15 is 0 Å². The number of piperidine rings is 1. The van der Waals surface area contributed by atoms with Crippen LogP contribution in [-0.2, 0) is 4.79 Å². The summed E-state index contributed by atoms with van der Waals surface area (Å²) in [6, 6.07) is 14.9. The third kappa shape index (κ3) is 3.71. The van der Waals surface area contributed by atoms with E-state index in [9.17, 15) is 9.18 Å². The Morgan fingerprint density at radius 1 is 1.03 bits per heavy atom. The van der Waals surface area contributed by atoms with Crippen molar-refractivity contribution >= 4 is 11.6 Å². The van der Waals surface area contributed by atoms with Gasteiger partial charge in [-0.25, -0.2) is 4.39 Å². The maximum atomic E-state index is 13.2. The van der Waals surface area contributed by atoms with Gasteiger partial charge in [0.25, 0.3) is 0 Å². The molecule has 4 heterocycles. The van der Waals surface area contributed by atoms with Crippen LogP contribution in [0.3, 0.4) is 0 Å². The highest BCUT2D eigenvalue weighted by Gasteiger charge is 2.43. The normalized spacial score (nSPS) is 28.7. The van der Waals surface area contributed by atoms with Crippen LogP contribution in [-0.4, -0.2) is 49.1 Å². The monoisotopic (exact) mass is 407 g/mol. The molecule has 4 aliphatic heterocycles. The summed E-state index contributed by atoms with van der Waals surface area (Å²) in [5.74, 6) is 0.642. The number of rotatable bonds is 4. The number of anilines is 1. The van der Waals surface area contributed by atoms with Gasteiger partial charge in [-0.1, -0.05) is 24.3 Å². The number of nitrogens with zero attached hydrogens (tertiary/aromatic N) is 2. The van der Waals surface area contributed by atoms with Gasteiger partial charge >= 0.3 is 0 Å². The molecule has 1 unspecified atom stereocenters. The molecule has 4 fully saturated rings. The molecular formula is C25H30FN3O. The van der Waals surface area contributed by atoms with Gasteiger partial charge < -0.3 is 15.1 Å². The summed E-state index contributed by atoms with van der Waals surface area (Å²) < 4.78 is 13.2. The molecule has 4 nitrogen and oxygen atoms in total. The van der Waals surface area contributed by atoms with Crippen LogP contribution in [0, 0.1) is 17.7 Å². The Balaban J connectivity index is 1.21. The van der Waals surface area contributed by atoms with Crippen molar-refractivity contribution in [2.24, 2.45) is 11.8 Å². The van der Waals surface area contributed by atoms with Gasteiger partial charge in [-0.2, -0.15) is 0 Å². The number of carbonyl (C=O) groups excluding carboxylic acids is 1. The van der Waals surface area contributed by atoms with Crippen LogP contribution < -0.4 is 10.2 Å². The highest BCUT2D eigenvalue weighted by molar-refractivity contribution is 5.83. The van der Waals surface area contributed by atoms with E-state index in [1.165, 1.54) is 38.1 Å². The lowest BCUT2D eigenvalue weighted by atomic mass is 9.78. The Morgan fingerprint density at radius 3 is 2.50 bits per heavy atom. The van der Waals surface area contributed by atoms with Crippen LogP contribution >= 0.6 is 0 Å². The van der Waals surface area contributed by atoms with Crippen molar-refractivity contribution in [2.75, 3.05) is 37.6 Å². The molecule has 2 aromatic carbocycles. The number of nitrogens with one attached hydrogen (secondary N) is 1. The number of hydrogen-bond donors (Lipinski definition) is 1. The highest BCUT2D eigenvalue weighted by atomic mass is 19.1. The van der Waals surface area contributed by atoms with Crippen LogP contribution in [0.4, 0.5) is 10.1 Å². The first kappa shape index (κ1) is 19.6. The first-order chi connectivity index (χ1) is 14.5. The Morgan fingerprint density at radius 2 is 1.77 bits per heavy atom. The molecule has 0 spiro atoms. The topological polar surface area (TPSA) is 35.6 Å². The molecule has 4 aliphatic rings. The minimum absolute atomic E-state index is 0.0528. The Kier molecular flexibility index (Phi) is 5.02. The molecule has 0 saturated carbocycles. The third-order valence-corrected chi connectivity index (χ3v) is 7.49. The molecule has 1 amide bonds. The van der Waals surface area contributed by atoms with E-state index < -0.39 is 0 Å². The highest BCUT2D eigenvalue weighted by Crippen LogP contribution is 2.36. The fraction of sp³-hybridized carbons (Fsp3) is 0.480. The van der Waals surface area contributed by atoms with Crippen LogP contribution in [0.15, 0.2) is 48.5 Å². The van der Waals surface area contributed by atoms with E-state index in [0.29, 0.717) is 5.92 Å². The Labute approximate surface area is 178 Å². The van der Waals surface area contributed by atoms with E-state index in [2.05, 4.69) is 34.2 Å². The van der Waals surface area contributed by atoms with Crippen molar-refractivity contribution in [1.82, 2.24) is 10.2 Å². The quantitative estimate of drug-likeness (QED) is 0.835. The largest absolute Gasteiger partial charge is 0.370 e. The van der Waals surface area contributed by atoms with Crippen molar-refractivity contribution in [1.29, 1.82) is 0 Å². The number of hydrogen-bond acceptors (Lipinski definition) is 3. The molecule has 6 rings (SSSR count). The van der Waals surface area contributed by atoms with Gasteiger partial charge in [-0.05, 0) is 80.6 Å². The van der Waals surface area contributed by atoms with E-state index in [1.54, 1.807) is 12.1 Å². The van der Waals surface area contributed by atoms with E-state index in [-0.39, 0.29) is 23.2 Å². The first-order valence-electron chi connectivity index (χ1n) is 11.2. The van der Waals surface area contributed by atoms with Crippen molar-refractivity contribution in [3.8, 4) is 11.1 Å². The zero-order chi connectivity index (χ0) is 20.7. The minimum atomic E-state index is -0.223. The number of carbonyl (C=O) groups is 1. The molecule has 4 saturated heterocycles. The lowest BCUT2D eigenvalue weighted by Crippen LogP contribution is -2.59. The number of halogens is 1. The van der Waals surface area contributed by atoms with E-state index in [0.717, 1.165) is 42.9 Å². The SMILES string of the molecule is CC1(NC(=O)C2CN(c3cccc(-c4ccc(F)cc4)c3)C2)CCN2CCC1CC2. The molecule has 30 heavy (non-hydrogen) atoms. The molecule has 2 aromatic rings. The van der Waals surface area contributed by atoms with Gasteiger partial charge in [0.15, 0.2) is 0 Å². The Hall–Kier alpha value is -2.40. The van der Waals surface area contributed by atoms with Crippen molar-refractivity contribution in [2.45, 2.75) is 31.7 Å². The van der Waals surface area contributed by atoms with Crippen molar-refractivity contribution in [3.63, 3.8) is 0 Å². The fourth-order valence-corrected chi connectivity index (χ4v) is 5.32. The molecule has 0 aromatic heterocycles. The van der Waals surface area contributed by atoms with Gasteiger partial charge in [-0.3, -0.25) is 4.79 Å². The number of fused-ring (bicyclic) bond motifs is 4. The van der Waals surface area contributed by atoms with Crippen LogP contribution in [0.1, 0.15) is 26.2 Å². The lowest BCUT2D eigenvalue weighted by Gasteiger charge is -2.43. The zero-order valence-corrected chi connectivity index (χ0v) is 17.6. The smallest absolute Gasteiger partial charge is 0.227 e. The second-order valence-electron chi connectivity index (χ2n) is 9.43. The lowest BCUT2D eigenvalue weighted by molar-refractivity contribution is -0.128. The van der Waals surface area contributed by atoms with Gasteiger partial charge in [0, 0.05) is 30.9 Å². The second-order valence-corrected chi connectivity index (χ2v) is 9.43. The molecule has 5 heteroatoms. The van der Waals surface area contributed by atoms with Gasteiger partial charge in [0.05, 0.1) is 5.92 Å². The van der Waals surface area contributed by atoms with Gasteiger partial charge in [-0.15, -0.1) is 0 Å². The third-order valence-electron chi connectivity index (χ3n) is 7.49. The van der Waals surface area contributed by atoms with E-state index in [4.69, 9.17) is 0 Å². The van der Waals surface area contributed by atoms with Gasteiger partial charge in [0.2, 0.25) is 5.91 Å². The molecule has 1 atom stereocenters. The summed E-state index contributed by atoms with van der Waals surface area (Å²) in [6.07, 6.45) is 3.45. The second kappa shape index (κ2) is 7.69. The van der Waals surface area contributed by atoms with Crippen LogP contribution in [0.2, 0.25) is 0 Å². The average Bonchev–Trinajstić information content (AvgIpc) is 2.96. The summed E-state index contributed by atoms with van der Waals surface area (Å²) in [7, 11) is 0.